The van der Waals surface area contributed by atoms with Gasteiger partial charge in [0.1, 0.15) is 0 Å². The van der Waals surface area contributed by atoms with E-state index in [2.05, 4.69) is 60.8 Å². The van der Waals surface area contributed by atoms with Crippen LogP contribution in [0.1, 0.15) is 54.6 Å². The Morgan fingerprint density at radius 1 is 0.897 bits per heavy atom. The summed E-state index contributed by atoms with van der Waals surface area (Å²) in [6, 6.07) is 28.8. The van der Waals surface area contributed by atoms with Gasteiger partial charge in [0.2, 0.25) is 0 Å². The summed E-state index contributed by atoms with van der Waals surface area (Å²) in [5.41, 5.74) is 4.36. The number of unbranched alkanes of at least 4 members (excludes halogenated alkanes) is 1. The van der Waals surface area contributed by atoms with Crippen LogP contribution in [-0.2, 0) is 0 Å². The molecule has 0 radical (unpaired) electrons. The summed E-state index contributed by atoms with van der Waals surface area (Å²) in [4.78, 5) is 12.9. The van der Waals surface area contributed by atoms with Crippen LogP contribution in [-0.4, -0.2) is 5.91 Å². The van der Waals surface area contributed by atoms with Gasteiger partial charge in [-0.15, -0.1) is 0 Å². The predicted molar refractivity (Wildman–Crippen MR) is 120 cm³/mol. The van der Waals surface area contributed by atoms with Crippen LogP contribution in [0.15, 0.2) is 84.9 Å². The maximum Gasteiger partial charge on any atom is 0.251 e. The lowest BCUT2D eigenvalue weighted by Gasteiger charge is -2.20. The van der Waals surface area contributed by atoms with Crippen molar-refractivity contribution in [2.24, 2.45) is 11.8 Å². The van der Waals surface area contributed by atoms with Crippen molar-refractivity contribution in [1.29, 1.82) is 0 Å². The van der Waals surface area contributed by atoms with Gasteiger partial charge in [0.25, 0.3) is 5.91 Å². The summed E-state index contributed by atoms with van der Waals surface area (Å²) in [5.74, 6) is 1.28. The van der Waals surface area contributed by atoms with Crippen molar-refractivity contribution in [2.75, 3.05) is 0 Å². The lowest BCUT2D eigenvalue weighted by Crippen LogP contribution is -2.30. The van der Waals surface area contributed by atoms with Crippen molar-refractivity contribution in [1.82, 2.24) is 5.32 Å². The van der Waals surface area contributed by atoms with Crippen LogP contribution in [0, 0.1) is 11.8 Å². The van der Waals surface area contributed by atoms with E-state index < -0.39 is 0 Å². The van der Waals surface area contributed by atoms with E-state index in [4.69, 9.17) is 0 Å². The zero-order valence-electron chi connectivity index (χ0n) is 17.1. The number of hydrogen-bond acceptors (Lipinski definition) is 1. The summed E-state index contributed by atoms with van der Waals surface area (Å²) in [5, 5.41) is 3.34. The molecule has 3 atom stereocenters. The fourth-order valence-corrected chi connectivity index (χ4v) is 4.24. The van der Waals surface area contributed by atoms with Crippen LogP contribution in [0.25, 0.3) is 11.1 Å². The third kappa shape index (κ3) is 4.76. The van der Waals surface area contributed by atoms with Gasteiger partial charge in [-0.3, -0.25) is 4.79 Å². The quantitative estimate of drug-likeness (QED) is 0.463. The molecule has 0 aromatic heterocycles. The normalized spacial score (nSPS) is 18.8. The van der Waals surface area contributed by atoms with Crippen LogP contribution < -0.4 is 5.32 Å². The summed E-state index contributed by atoms with van der Waals surface area (Å²) in [6.45, 7) is 2.24. The highest BCUT2D eigenvalue weighted by Crippen LogP contribution is 2.50. The van der Waals surface area contributed by atoms with Crippen molar-refractivity contribution in [2.45, 2.75) is 38.6 Å². The number of carbonyl (C=O) groups is 1. The van der Waals surface area contributed by atoms with Gasteiger partial charge in [-0.05, 0) is 47.1 Å². The highest BCUT2D eigenvalue weighted by Gasteiger charge is 2.43. The van der Waals surface area contributed by atoms with Gasteiger partial charge >= 0.3 is 0 Å². The molecule has 3 aromatic rings. The van der Waals surface area contributed by atoms with E-state index in [1.807, 2.05) is 36.4 Å². The SMILES string of the molecule is CCCC[C@@H]1C[C@@H]1C(NC(=O)c1ccccc1)c1ccc(-c2ccccc2)cc1. The molecule has 2 nitrogen and oxygen atoms in total. The standard InChI is InChI=1S/C27H29NO/c1-2-3-10-24-19-25(24)26(28-27(29)23-13-8-5-9-14-23)22-17-15-21(16-18-22)20-11-6-4-7-12-20/h4-9,11-18,24-26H,2-3,10,19H2,1H3,(H,28,29)/t24-,25+,26?/m1/s1. The summed E-state index contributed by atoms with van der Waals surface area (Å²) >= 11 is 0. The Balaban J connectivity index is 1.54. The van der Waals surface area contributed by atoms with Crippen LogP contribution in [0.3, 0.4) is 0 Å². The minimum absolute atomic E-state index is 0.0175. The van der Waals surface area contributed by atoms with Gasteiger partial charge in [0, 0.05) is 5.56 Å². The van der Waals surface area contributed by atoms with Gasteiger partial charge in [-0.1, -0.05) is 99.0 Å². The molecule has 29 heavy (non-hydrogen) atoms. The first-order chi connectivity index (χ1) is 14.3. The van der Waals surface area contributed by atoms with E-state index >= 15 is 0 Å². The molecule has 1 fully saturated rings. The highest BCUT2D eigenvalue weighted by molar-refractivity contribution is 5.94. The largest absolute Gasteiger partial charge is 0.345 e. The molecule has 0 spiro atoms. The lowest BCUT2D eigenvalue weighted by atomic mass is 9.96. The second-order valence-corrected chi connectivity index (χ2v) is 8.11. The van der Waals surface area contributed by atoms with E-state index in [-0.39, 0.29) is 11.9 Å². The molecule has 0 heterocycles. The number of benzene rings is 3. The Kier molecular flexibility index (Phi) is 6.09. The molecule has 0 bridgehead atoms. The van der Waals surface area contributed by atoms with E-state index in [0.717, 1.165) is 11.5 Å². The van der Waals surface area contributed by atoms with Gasteiger partial charge in [-0.2, -0.15) is 0 Å². The first-order valence-corrected chi connectivity index (χ1v) is 10.8. The predicted octanol–water partition coefficient (Wildman–Crippen LogP) is 6.65. The summed E-state index contributed by atoms with van der Waals surface area (Å²) in [6.07, 6.45) is 4.98. The summed E-state index contributed by atoms with van der Waals surface area (Å²) in [7, 11) is 0. The summed E-state index contributed by atoms with van der Waals surface area (Å²) < 4.78 is 0. The van der Waals surface area contributed by atoms with Gasteiger partial charge in [0.05, 0.1) is 6.04 Å². The van der Waals surface area contributed by atoms with Crippen LogP contribution in [0.4, 0.5) is 0 Å². The molecule has 3 aromatic carbocycles. The average molecular weight is 384 g/mol. The average Bonchev–Trinajstić information content (AvgIpc) is 3.56. The number of rotatable bonds is 8. The Labute approximate surface area is 174 Å². The number of hydrogen-bond donors (Lipinski definition) is 1. The smallest absolute Gasteiger partial charge is 0.251 e. The third-order valence-electron chi connectivity index (χ3n) is 6.03. The molecule has 1 amide bonds. The molecule has 2 heteroatoms. The zero-order chi connectivity index (χ0) is 20.1. The Morgan fingerprint density at radius 2 is 1.52 bits per heavy atom. The first kappa shape index (κ1) is 19.4. The molecule has 1 unspecified atom stereocenters. The molecule has 1 saturated carbocycles. The highest BCUT2D eigenvalue weighted by atomic mass is 16.1. The molecule has 1 aliphatic rings. The van der Waals surface area contributed by atoms with Crippen LogP contribution in [0.5, 0.6) is 0 Å². The molecule has 148 valence electrons. The second kappa shape index (κ2) is 9.09. The third-order valence-corrected chi connectivity index (χ3v) is 6.03. The Hall–Kier alpha value is -2.87. The Bertz CT molecular complexity index is 918. The molecular formula is C27H29NO. The van der Waals surface area contributed by atoms with E-state index in [1.54, 1.807) is 0 Å². The fraction of sp³-hybridized carbons (Fsp3) is 0.296. The zero-order valence-corrected chi connectivity index (χ0v) is 17.1. The second-order valence-electron chi connectivity index (χ2n) is 8.11. The Morgan fingerprint density at radius 3 is 2.17 bits per heavy atom. The van der Waals surface area contributed by atoms with Gasteiger partial charge in [0.15, 0.2) is 0 Å². The van der Waals surface area contributed by atoms with Crippen molar-refractivity contribution in [3.63, 3.8) is 0 Å². The van der Waals surface area contributed by atoms with Crippen molar-refractivity contribution in [3.05, 3.63) is 96.1 Å². The van der Waals surface area contributed by atoms with Crippen molar-refractivity contribution in [3.8, 4) is 11.1 Å². The number of nitrogens with one attached hydrogen (secondary N) is 1. The number of amides is 1. The minimum atomic E-state index is 0.0175. The van der Waals surface area contributed by atoms with Crippen molar-refractivity contribution < 1.29 is 4.79 Å². The molecule has 4 rings (SSSR count). The molecule has 1 aliphatic carbocycles. The van der Waals surface area contributed by atoms with Crippen molar-refractivity contribution >= 4 is 5.91 Å². The topological polar surface area (TPSA) is 29.1 Å². The minimum Gasteiger partial charge on any atom is -0.345 e. The molecular weight excluding hydrogens is 354 g/mol. The monoisotopic (exact) mass is 383 g/mol. The van der Waals surface area contributed by atoms with Gasteiger partial charge in [-0.25, -0.2) is 0 Å². The number of carbonyl (C=O) groups excluding carboxylic acids is 1. The van der Waals surface area contributed by atoms with E-state index in [9.17, 15) is 4.79 Å². The van der Waals surface area contributed by atoms with Crippen LogP contribution >= 0.6 is 0 Å². The van der Waals surface area contributed by atoms with Gasteiger partial charge < -0.3 is 5.32 Å². The lowest BCUT2D eigenvalue weighted by molar-refractivity contribution is 0.0930. The van der Waals surface area contributed by atoms with Crippen LogP contribution in [0.2, 0.25) is 0 Å². The molecule has 0 aliphatic heterocycles. The fourth-order valence-electron chi connectivity index (χ4n) is 4.24. The molecule has 1 N–H and O–H groups in total. The first-order valence-electron chi connectivity index (χ1n) is 10.8. The molecule has 0 saturated heterocycles. The maximum atomic E-state index is 12.9. The van der Waals surface area contributed by atoms with E-state index in [0.29, 0.717) is 5.92 Å². The maximum absolute atomic E-state index is 12.9. The van der Waals surface area contributed by atoms with E-state index in [1.165, 1.54) is 42.4 Å².